The molecule has 8 nitrogen and oxygen atoms in total. The monoisotopic (exact) mass is 422 g/mol. The normalized spacial score (nSPS) is 13.4. The van der Waals surface area contributed by atoms with Crippen molar-refractivity contribution in [1.82, 2.24) is 19.8 Å². The summed E-state index contributed by atoms with van der Waals surface area (Å²) >= 11 is 0. The van der Waals surface area contributed by atoms with Gasteiger partial charge >= 0.3 is 0 Å². The zero-order valence-electron chi connectivity index (χ0n) is 17.8. The number of likely N-dealkylation sites (tertiary alicyclic amines) is 1. The van der Waals surface area contributed by atoms with Crippen LogP contribution in [-0.2, 0) is 17.9 Å². The average Bonchev–Trinajstić information content (AvgIpc) is 3.46. The van der Waals surface area contributed by atoms with Crippen LogP contribution in [0.15, 0.2) is 42.5 Å². The molecule has 1 aromatic heterocycles. The zero-order chi connectivity index (χ0) is 21.8. The minimum absolute atomic E-state index is 0.0770. The van der Waals surface area contributed by atoms with Crippen LogP contribution in [-0.4, -0.2) is 53.6 Å². The topological polar surface area (TPSA) is 85.7 Å². The Kier molecular flexibility index (Phi) is 6.06. The molecular weight excluding hydrogens is 396 g/mol. The third-order valence-corrected chi connectivity index (χ3v) is 5.54. The molecule has 0 spiro atoms. The molecule has 1 saturated heterocycles. The SMILES string of the molecule is COc1ccc(C(=O)NCc2nc3ccccc3n2CC(=O)N2CCCC2)cc1OC. The Hall–Kier alpha value is -3.55. The summed E-state index contributed by atoms with van der Waals surface area (Å²) in [7, 11) is 3.07. The summed E-state index contributed by atoms with van der Waals surface area (Å²) in [5.41, 5.74) is 2.13. The lowest BCUT2D eigenvalue weighted by atomic mass is 10.2. The van der Waals surface area contributed by atoms with Gasteiger partial charge in [-0.3, -0.25) is 9.59 Å². The smallest absolute Gasteiger partial charge is 0.251 e. The van der Waals surface area contributed by atoms with E-state index in [-0.39, 0.29) is 24.9 Å². The second-order valence-corrected chi connectivity index (χ2v) is 7.44. The van der Waals surface area contributed by atoms with Crippen molar-refractivity contribution in [3.63, 3.8) is 0 Å². The molecule has 1 aliphatic heterocycles. The first-order valence-corrected chi connectivity index (χ1v) is 10.3. The minimum Gasteiger partial charge on any atom is -0.493 e. The van der Waals surface area contributed by atoms with Crippen LogP contribution in [0.1, 0.15) is 29.0 Å². The molecule has 162 valence electrons. The molecule has 8 heteroatoms. The number of benzene rings is 2. The van der Waals surface area contributed by atoms with E-state index in [2.05, 4.69) is 10.3 Å². The lowest BCUT2D eigenvalue weighted by Crippen LogP contribution is -2.32. The maximum Gasteiger partial charge on any atom is 0.251 e. The number of para-hydroxylation sites is 2. The van der Waals surface area contributed by atoms with Crippen molar-refractivity contribution in [3.05, 3.63) is 53.9 Å². The Balaban J connectivity index is 1.54. The molecule has 31 heavy (non-hydrogen) atoms. The Bertz CT molecular complexity index is 1100. The highest BCUT2D eigenvalue weighted by atomic mass is 16.5. The lowest BCUT2D eigenvalue weighted by molar-refractivity contribution is -0.130. The van der Waals surface area contributed by atoms with Crippen molar-refractivity contribution >= 4 is 22.8 Å². The number of aromatic nitrogens is 2. The molecule has 0 aliphatic carbocycles. The van der Waals surface area contributed by atoms with E-state index in [1.165, 1.54) is 7.11 Å². The van der Waals surface area contributed by atoms with Gasteiger partial charge in [-0.05, 0) is 43.2 Å². The number of methoxy groups -OCH3 is 2. The van der Waals surface area contributed by atoms with Crippen LogP contribution >= 0.6 is 0 Å². The molecule has 0 radical (unpaired) electrons. The first-order chi connectivity index (χ1) is 15.1. The lowest BCUT2D eigenvalue weighted by Gasteiger charge is -2.17. The fourth-order valence-corrected chi connectivity index (χ4v) is 3.88. The Morgan fingerprint density at radius 1 is 1.03 bits per heavy atom. The third-order valence-electron chi connectivity index (χ3n) is 5.54. The number of fused-ring (bicyclic) bond motifs is 1. The maximum atomic E-state index is 12.8. The van der Waals surface area contributed by atoms with E-state index >= 15 is 0 Å². The van der Waals surface area contributed by atoms with Crippen molar-refractivity contribution in [3.8, 4) is 11.5 Å². The predicted octanol–water partition coefficient (Wildman–Crippen LogP) is 2.61. The van der Waals surface area contributed by atoms with E-state index in [1.807, 2.05) is 33.7 Å². The van der Waals surface area contributed by atoms with E-state index < -0.39 is 0 Å². The molecule has 3 aromatic rings. The second kappa shape index (κ2) is 9.07. The van der Waals surface area contributed by atoms with Crippen LogP contribution in [0, 0.1) is 0 Å². The molecule has 0 unspecified atom stereocenters. The maximum absolute atomic E-state index is 12.8. The molecule has 4 rings (SSSR count). The largest absolute Gasteiger partial charge is 0.493 e. The summed E-state index contributed by atoms with van der Waals surface area (Å²) in [5.74, 6) is 1.50. The first-order valence-electron chi connectivity index (χ1n) is 10.3. The number of rotatable bonds is 7. The summed E-state index contributed by atoms with van der Waals surface area (Å²) in [4.78, 5) is 32.0. The van der Waals surface area contributed by atoms with Crippen LogP contribution < -0.4 is 14.8 Å². The van der Waals surface area contributed by atoms with Gasteiger partial charge in [0.2, 0.25) is 5.91 Å². The molecule has 0 atom stereocenters. The fourth-order valence-electron chi connectivity index (χ4n) is 3.88. The number of hydrogen-bond acceptors (Lipinski definition) is 5. The predicted molar refractivity (Wildman–Crippen MR) is 116 cm³/mol. The minimum atomic E-state index is -0.259. The molecule has 2 heterocycles. The number of carbonyl (C=O) groups is 2. The molecule has 0 bridgehead atoms. The van der Waals surface area contributed by atoms with Crippen LogP contribution in [0.2, 0.25) is 0 Å². The highest BCUT2D eigenvalue weighted by Gasteiger charge is 2.21. The number of imidazole rings is 1. The molecule has 2 amide bonds. The van der Waals surface area contributed by atoms with Gasteiger partial charge in [0, 0.05) is 18.7 Å². The van der Waals surface area contributed by atoms with Gasteiger partial charge in [0.1, 0.15) is 12.4 Å². The van der Waals surface area contributed by atoms with E-state index in [0.29, 0.717) is 22.9 Å². The van der Waals surface area contributed by atoms with Crippen molar-refractivity contribution in [1.29, 1.82) is 0 Å². The average molecular weight is 422 g/mol. The number of amides is 2. The van der Waals surface area contributed by atoms with Gasteiger partial charge < -0.3 is 24.3 Å². The van der Waals surface area contributed by atoms with Crippen molar-refractivity contribution in [2.24, 2.45) is 0 Å². The highest BCUT2D eigenvalue weighted by Crippen LogP contribution is 2.27. The quantitative estimate of drug-likeness (QED) is 0.633. The van der Waals surface area contributed by atoms with Gasteiger partial charge in [0.05, 0.1) is 31.8 Å². The first kappa shape index (κ1) is 20.7. The molecule has 2 aromatic carbocycles. The number of hydrogen-bond donors (Lipinski definition) is 1. The number of nitrogens with zero attached hydrogens (tertiary/aromatic N) is 3. The van der Waals surface area contributed by atoms with Gasteiger partial charge in [0.15, 0.2) is 11.5 Å². The van der Waals surface area contributed by atoms with Gasteiger partial charge in [0.25, 0.3) is 5.91 Å². The molecule has 1 aliphatic rings. The third kappa shape index (κ3) is 4.33. The van der Waals surface area contributed by atoms with Crippen molar-refractivity contribution < 1.29 is 19.1 Å². The summed E-state index contributed by atoms with van der Waals surface area (Å²) in [5, 5.41) is 2.90. The van der Waals surface area contributed by atoms with Gasteiger partial charge in [-0.25, -0.2) is 4.98 Å². The standard InChI is InChI=1S/C23H26N4O4/c1-30-19-10-9-16(13-20(19)31-2)23(29)24-14-21-25-17-7-3-4-8-18(17)27(21)15-22(28)26-11-5-6-12-26/h3-4,7-10,13H,5-6,11-12,14-15H2,1-2H3,(H,24,29). The van der Waals surface area contributed by atoms with E-state index in [0.717, 1.165) is 37.0 Å². The van der Waals surface area contributed by atoms with Gasteiger partial charge in [-0.1, -0.05) is 12.1 Å². The summed E-state index contributed by atoms with van der Waals surface area (Å²) in [6.07, 6.45) is 2.09. The van der Waals surface area contributed by atoms with Crippen molar-refractivity contribution in [2.75, 3.05) is 27.3 Å². The molecule has 1 N–H and O–H groups in total. The Labute approximate surface area is 180 Å². The Morgan fingerprint density at radius 3 is 2.52 bits per heavy atom. The van der Waals surface area contributed by atoms with Gasteiger partial charge in [-0.15, -0.1) is 0 Å². The van der Waals surface area contributed by atoms with Crippen LogP contribution in [0.4, 0.5) is 0 Å². The van der Waals surface area contributed by atoms with Gasteiger partial charge in [-0.2, -0.15) is 0 Å². The fraction of sp³-hybridized carbons (Fsp3) is 0.348. The molecule has 1 fully saturated rings. The van der Waals surface area contributed by atoms with E-state index in [4.69, 9.17) is 9.47 Å². The second-order valence-electron chi connectivity index (χ2n) is 7.44. The summed E-state index contributed by atoms with van der Waals surface area (Å²) < 4.78 is 12.4. The number of carbonyl (C=O) groups excluding carboxylic acids is 2. The molecule has 0 saturated carbocycles. The van der Waals surface area contributed by atoms with Crippen LogP contribution in [0.25, 0.3) is 11.0 Å². The van der Waals surface area contributed by atoms with E-state index in [1.54, 1.807) is 25.3 Å². The Morgan fingerprint density at radius 2 is 1.77 bits per heavy atom. The number of nitrogens with one attached hydrogen (secondary N) is 1. The van der Waals surface area contributed by atoms with E-state index in [9.17, 15) is 9.59 Å². The summed E-state index contributed by atoms with van der Waals surface area (Å²) in [6.45, 7) is 2.02. The summed E-state index contributed by atoms with van der Waals surface area (Å²) in [6, 6.07) is 12.7. The number of ether oxygens (including phenoxy) is 2. The van der Waals surface area contributed by atoms with Crippen LogP contribution in [0.3, 0.4) is 0 Å². The van der Waals surface area contributed by atoms with Crippen molar-refractivity contribution in [2.45, 2.75) is 25.9 Å². The van der Waals surface area contributed by atoms with Crippen LogP contribution in [0.5, 0.6) is 11.5 Å². The zero-order valence-corrected chi connectivity index (χ0v) is 17.8. The molecular formula is C23H26N4O4. The highest BCUT2D eigenvalue weighted by molar-refractivity contribution is 5.95.